The average molecular weight is 298 g/mol. The molecule has 1 aromatic rings. The molecule has 2 rings (SSSR count). The molecule has 3 atom stereocenters. The SMILES string of the molecule is CCO[P@@](=O)(c1ccccc1)[C@H](O)[C@H]1COCCC1=O. The first-order valence-electron chi connectivity index (χ1n) is 6.68. The molecule has 0 bridgehead atoms. The zero-order valence-corrected chi connectivity index (χ0v) is 12.3. The van der Waals surface area contributed by atoms with Crippen LogP contribution in [0.1, 0.15) is 13.3 Å². The van der Waals surface area contributed by atoms with Crippen LogP contribution in [-0.2, 0) is 18.6 Å². The number of hydrogen-bond acceptors (Lipinski definition) is 5. The van der Waals surface area contributed by atoms with Gasteiger partial charge in [-0.1, -0.05) is 18.2 Å². The lowest BCUT2D eigenvalue weighted by molar-refractivity contribution is -0.133. The summed E-state index contributed by atoms with van der Waals surface area (Å²) in [5.74, 6) is -2.28. The Morgan fingerprint density at radius 3 is 2.75 bits per heavy atom. The molecule has 1 fully saturated rings. The van der Waals surface area contributed by atoms with Gasteiger partial charge in [-0.15, -0.1) is 0 Å². The highest BCUT2D eigenvalue weighted by atomic mass is 31.2. The van der Waals surface area contributed by atoms with Gasteiger partial charge in [0, 0.05) is 11.7 Å². The normalized spacial score (nSPS) is 24.1. The molecule has 110 valence electrons. The molecule has 1 aliphatic rings. The molecule has 0 aromatic heterocycles. The van der Waals surface area contributed by atoms with Crippen molar-refractivity contribution >= 4 is 18.5 Å². The average Bonchev–Trinajstić information content (AvgIpc) is 2.48. The van der Waals surface area contributed by atoms with Gasteiger partial charge in [0.15, 0.2) is 0 Å². The molecule has 5 nitrogen and oxygen atoms in total. The summed E-state index contributed by atoms with van der Waals surface area (Å²) < 4.78 is 23.7. The predicted molar refractivity (Wildman–Crippen MR) is 75.2 cm³/mol. The number of rotatable bonds is 5. The Labute approximate surface area is 118 Å². The fraction of sp³-hybridized carbons (Fsp3) is 0.500. The number of benzene rings is 1. The van der Waals surface area contributed by atoms with E-state index in [9.17, 15) is 14.5 Å². The third-order valence-corrected chi connectivity index (χ3v) is 6.07. The summed E-state index contributed by atoms with van der Waals surface area (Å²) in [6.07, 6.45) is 0.239. The highest BCUT2D eigenvalue weighted by Crippen LogP contribution is 2.52. The van der Waals surface area contributed by atoms with Gasteiger partial charge in [-0.25, -0.2) is 0 Å². The van der Waals surface area contributed by atoms with Crippen molar-refractivity contribution in [3.63, 3.8) is 0 Å². The number of carbonyl (C=O) groups excluding carboxylic acids is 1. The molecule has 0 radical (unpaired) electrons. The van der Waals surface area contributed by atoms with Crippen molar-refractivity contribution in [2.75, 3.05) is 19.8 Å². The summed E-state index contributed by atoms with van der Waals surface area (Å²) in [5, 5.41) is 10.9. The maximum Gasteiger partial charge on any atom is 0.260 e. The van der Waals surface area contributed by atoms with Crippen molar-refractivity contribution in [1.29, 1.82) is 0 Å². The lowest BCUT2D eigenvalue weighted by Crippen LogP contribution is -2.38. The van der Waals surface area contributed by atoms with Gasteiger partial charge in [0.25, 0.3) is 7.37 Å². The topological polar surface area (TPSA) is 72.8 Å². The Balaban J connectivity index is 2.32. The van der Waals surface area contributed by atoms with Crippen molar-refractivity contribution < 1.29 is 23.7 Å². The molecule has 20 heavy (non-hydrogen) atoms. The van der Waals surface area contributed by atoms with Crippen molar-refractivity contribution in [3.8, 4) is 0 Å². The summed E-state index contributed by atoms with van der Waals surface area (Å²) in [5.41, 5.74) is 0. The van der Waals surface area contributed by atoms with E-state index in [1.807, 2.05) is 0 Å². The number of ketones is 1. The number of Topliss-reactive ketones (excluding diaryl/α,β-unsaturated/α-hetero) is 1. The van der Waals surface area contributed by atoms with Crippen LogP contribution in [0.5, 0.6) is 0 Å². The van der Waals surface area contributed by atoms with E-state index in [0.29, 0.717) is 11.9 Å². The molecule has 0 unspecified atom stereocenters. The van der Waals surface area contributed by atoms with E-state index in [0.717, 1.165) is 0 Å². The number of carbonyl (C=O) groups is 1. The fourth-order valence-corrected chi connectivity index (χ4v) is 4.59. The van der Waals surface area contributed by atoms with Gasteiger partial charge < -0.3 is 14.4 Å². The first-order chi connectivity index (χ1) is 9.59. The maximum absolute atomic E-state index is 13.1. The molecule has 1 saturated heterocycles. The minimum absolute atomic E-state index is 0.0872. The number of aliphatic hydroxyl groups is 1. The maximum atomic E-state index is 13.1. The van der Waals surface area contributed by atoms with E-state index < -0.39 is 19.1 Å². The van der Waals surface area contributed by atoms with Gasteiger partial charge in [-0.05, 0) is 19.1 Å². The van der Waals surface area contributed by atoms with Crippen LogP contribution in [0.3, 0.4) is 0 Å². The molecule has 0 spiro atoms. The third-order valence-electron chi connectivity index (χ3n) is 3.35. The van der Waals surface area contributed by atoms with Crippen molar-refractivity contribution in [3.05, 3.63) is 30.3 Å². The standard InChI is InChI=1S/C14H19O5P/c1-2-19-20(17,11-6-4-3-5-7-11)14(16)12-10-18-9-8-13(12)15/h3-7,12,14,16H,2,8-10H2,1H3/t12-,14-,20-/m0/s1. The second-order valence-electron chi connectivity index (χ2n) is 4.66. The van der Waals surface area contributed by atoms with E-state index in [-0.39, 0.29) is 25.4 Å². The lowest BCUT2D eigenvalue weighted by Gasteiger charge is -2.31. The van der Waals surface area contributed by atoms with Crippen molar-refractivity contribution in [2.45, 2.75) is 19.2 Å². The molecule has 1 aliphatic heterocycles. The number of ether oxygens (including phenoxy) is 1. The third kappa shape index (κ3) is 3.01. The predicted octanol–water partition coefficient (Wildman–Crippen LogP) is 1.55. The van der Waals surface area contributed by atoms with Crippen LogP contribution < -0.4 is 5.30 Å². The Morgan fingerprint density at radius 1 is 1.45 bits per heavy atom. The molecule has 0 saturated carbocycles. The monoisotopic (exact) mass is 298 g/mol. The van der Waals surface area contributed by atoms with E-state index >= 15 is 0 Å². The summed E-state index contributed by atoms with van der Waals surface area (Å²) in [6.45, 7) is 2.35. The van der Waals surface area contributed by atoms with Gasteiger partial charge in [-0.2, -0.15) is 0 Å². The number of hydrogen-bond donors (Lipinski definition) is 1. The smallest absolute Gasteiger partial charge is 0.260 e. The highest BCUT2D eigenvalue weighted by Gasteiger charge is 2.43. The van der Waals surface area contributed by atoms with Gasteiger partial charge >= 0.3 is 0 Å². The van der Waals surface area contributed by atoms with Crippen LogP contribution in [0.25, 0.3) is 0 Å². The molecule has 1 heterocycles. The summed E-state index contributed by atoms with van der Waals surface area (Å²) in [7, 11) is -3.51. The lowest BCUT2D eigenvalue weighted by atomic mass is 10.0. The Hall–Kier alpha value is -1.00. The van der Waals surface area contributed by atoms with E-state index in [1.54, 1.807) is 37.3 Å². The van der Waals surface area contributed by atoms with Crippen LogP contribution in [0, 0.1) is 5.92 Å². The summed E-state index contributed by atoms with van der Waals surface area (Å²) >= 11 is 0. The van der Waals surface area contributed by atoms with Gasteiger partial charge in [0.1, 0.15) is 11.6 Å². The van der Waals surface area contributed by atoms with Crippen LogP contribution in [-0.4, -0.2) is 36.6 Å². The molecule has 0 amide bonds. The Kier molecular flexibility index (Phi) is 5.11. The Bertz CT molecular complexity index is 502. The quantitative estimate of drug-likeness (QED) is 0.835. The molecule has 1 aromatic carbocycles. The zero-order valence-electron chi connectivity index (χ0n) is 11.4. The van der Waals surface area contributed by atoms with Gasteiger partial charge in [-0.3, -0.25) is 9.36 Å². The van der Waals surface area contributed by atoms with E-state index in [2.05, 4.69) is 0 Å². The van der Waals surface area contributed by atoms with E-state index in [1.165, 1.54) is 0 Å². The zero-order chi connectivity index (χ0) is 14.6. The van der Waals surface area contributed by atoms with E-state index in [4.69, 9.17) is 9.26 Å². The van der Waals surface area contributed by atoms with Crippen LogP contribution in [0.15, 0.2) is 30.3 Å². The van der Waals surface area contributed by atoms with Crippen LogP contribution >= 0.6 is 7.37 Å². The molecular formula is C14H19O5P. The highest BCUT2D eigenvalue weighted by molar-refractivity contribution is 7.67. The minimum atomic E-state index is -3.51. The molecule has 0 aliphatic carbocycles. The second kappa shape index (κ2) is 6.64. The first-order valence-corrected chi connectivity index (χ1v) is 8.37. The van der Waals surface area contributed by atoms with Gasteiger partial charge in [0.2, 0.25) is 0 Å². The summed E-state index contributed by atoms with van der Waals surface area (Å²) in [6, 6.07) is 8.54. The Morgan fingerprint density at radius 2 is 2.15 bits per heavy atom. The van der Waals surface area contributed by atoms with Crippen LogP contribution in [0.2, 0.25) is 0 Å². The van der Waals surface area contributed by atoms with Crippen molar-refractivity contribution in [1.82, 2.24) is 0 Å². The number of aliphatic hydroxyl groups excluding tert-OH is 1. The fourth-order valence-electron chi connectivity index (χ4n) is 2.28. The molecule has 6 heteroatoms. The summed E-state index contributed by atoms with van der Waals surface area (Å²) in [4.78, 5) is 11.9. The largest absolute Gasteiger partial charge is 0.382 e. The van der Waals surface area contributed by atoms with Crippen LogP contribution in [0.4, 0.5) is 0 Å². The minimum Gasteiger partial charge on any atom is -0.382 e. The van der Waals surface area contributed by atoms with Gasteiger partial charge in [0.05, 0.1) is 25.7 Å². The first kappa shape index (κ1) is 15.4. The molecule has 1 N–H and O–H groups in total. The van der Waals surface area contributed by atoms with Crippen molar-refractivity contribution in [2.24, 2.45) is 5.92 Å². The second-order valence-corrected chi connectivity index (χ2v) is 7.16. The molecular weight excluding hydrogens is 279 g/mol.